The molecular formula is C21H16FN3O3S2. The molecule has 1 amide bonds. The summed E-state index contributed by atoms with van der Waals surface area (Å²) in [6.45, 7) is 1.91. The van der Waals surface area contributed by atoms with Gasteiger partial charge >= 0.3 is 0 Å². The van der Waals surface area contributed by atoms with Gasteiger partial charge in [0.05, 0.1) is 20.1 Å². The Morgan fingerprint density at radius 2 is 1.73 bits per heavy atom. The zero-order chi connectivity index (χ0) is 21.3. The van der Waals surface area contributed by atoms with Crippen molar-refractivity contribution in [3.8, 4) is 0 Å². The minimum absolute atomic E-state index is 0.0759. The van der Waals surface area contributed by atoms with Crippen LogP contribution in [0.5, 0.6) is 0 Å². The Morgan fingerprint density at radius 1 is 1.00 bits per heavy atom. The van der Waals surface area contributed by atoms with Gasteiger partial charge in [0.1, 0.15) is 5.82 Å². The number of rotatable bonds is 5. The number of carbonyl (C=O) groups is 1. The van der Waals surface area contributed by atoms with Crippen molar-refractivity contribution < 1.29 is 17.6 Å². The van der Waals surface area contributed by atoms with E-state index in [0.717, 1.165) is 27.4 Å². The summed E-state index contributed by atoms with van der Waals surface area (Å²) in [6.07, 6.45) is 0. The molecule has 0 atom stereocenters. The van der Waals surface area contributed by atoms with Gasteiger partial charge in [-0.3, -0.25) is 9.52 Å². The summed E-state index contributed by atoms with van der Waals surface area (Å²) in [5.74, 6) is -0.905. The first-order valence-corrected chi connectivity index (χ1v) is 11.2. The largest absolute Gasteiger partial charge is 0.322 e. The molecule has 0 saturated heterocycles. The number of hydrogen-bond acceptors (Lipinski definition) is 5. The molecule has 30 heavy (non-hydrogen) atoms. The van der Waals surface area contributed by atoms with Crippen LogP contribution >= 0.6 is 11.3 Å². The third-order valence-corrected chi connectivity index (χ3v) is 6.57. The summed E-state index contributed by atoms with van der Waals surface area (Å²) >= 11 is 1.52. The molecule has 2 N–H and O–H groups in total. The van der Waals surface area contributed by atoms with Crippen LogP contribution in [-0.2, 0) is 10.0 Å². The Morgan fingerprint density at radius 3 is 2.50 bits per heavy atom. The maximum absolute atomic E-state index is 13.0. The second-order valence-electron chi connectivity index (χ2n) is 6.51. The third-order valence-electron chi connectivity index (χ3n) is 4.26. The number of thiazole rings is 1. The molecule has 0 aliphatic carbocycles. The Kier molecular flexibility index (Phi) is 5.23. The summed E-state index contributed by atoms with van der Waals surface area (Å²) < 4.78 is 41.6. The van der Waals surface area contributed by atoms with E-state index in [4.69, 9.17) is 0 Å². The molecule has 0 aliphatic heterocycles. The van der Waals surface area contributed by atoms with Crippen LogP contribution in [-0.4, -0.2) is 19.3 Å². The van der Waals surface area contributed by atoms with Crippen LogP contribution in [0.15, 0.2) is 71.6 Å². The van der Waals surface area contributed by atoms with Crippen LogP contribution in [0.3, 0.4) is 0 Å². The highest BCUT2D eigenvalue weighted by molar-refractivity contribution is 7.92. The van der Waals surface area contributed by atoms with Gasteiger partial charge in [0, 0.05) is 16.9 Å². The van der Waals surface area contributed by atoms with E-state index in [2.05, 4.69) is 15.0 Å². The molecule has 0 radical (unpaired) electrons. The van der Waals surface area contributed by atoms with Crippen molar-refractivity contribution in [2.75, 3.05) is 10.0 Å². The normalized spacial score (nSPS) is 11.4. The SMILES string of the molecule is Cc1nc2ccc(NC(=O)c3cccc(S(=O)(=O)Nc4ccc(F)cc4)c3)cc2s1. The molecule has 0 fully saturated rings. The number of hydrogen-bond donors (Lipinski definition) is 2. The number of aryl methyl sites for hydroxylation is 1. The minimum atomic E-state index is -3.94. The predicted octanol–water partition coefficient (Wildman–Crippen LogP) is 4.80. The van der Waals surface area contributed by atoms with Crippen molar-refractivity contribution >= 4 is 48.9 Å². The topological polar surface area (TPSA) is 88.2 Å². The van der Waals surface area contributed by atoms with Gasteiger partial charge in [0.15, 0.2) is 0 Å². The van der Waals surface area contributed by atoms with E-state index in [9.17, 15) is 17.6 Å². The quantitative estimate of drug-likeness (QED) is 0.466. The monoisotopic (exact) mass is 441 g/mol. The van der Waals surface area contributed by atoms with Crippen molar-refractivity contribution in [1.82, 2.24) is 4.98 Å². The van der Waals surface area contributed by atoms with Gasteiger partial charge in [-0.2, -0.15) is 0 Å². The molecule has 4 rings (SSSR count). The lowest BCUT2D eigenvalue weighted by Crippen LogP contribution is -2.16. The first kappa shape index (κ1) is 20.0. The average molecular weight is 442 g/mol. The number of carbonyl (C=O) groups excluding carboxylic acids is 1. The molecule has 4 aromatic rings. The summed E-state index contributed by atoms with van der Waals surface area (Å²) in [5, 5.41) is 3.71. The third kappa shape index (κ3) is 4.32. The van der Waals surface area contributed by atoms with E-state index in [1.165, 1.54) is 47.7 Å². The van der Waals surface area contributed by atoms with Gasteiger partial charge < -0.3 is 5.32 Å². The smallest absolute Gasteiger partial charge is 0.261 e. The lowest BCUT2D eigenvalue weighted by Gasteiger charge is -2.10. The molecule has 3 aromatic carbocycles. The van der Waals surface area contributed by atoms with Crippen LogP contribution in [0, 0.1) is 12.7 Å². The molecule has 0 spiro atoms. The van der Waals surface area contributed by atoms with Gasteiger partial charge in [-0.25, -0.2) is 17.8 Å². The van der Waals surface area contributed by atoms with Crippen molar-refractivity contribution in [2.24, 2.45) is 0 Å². The Hall–Kier alpha value is -3.30. The van der Waals surface area contributed by atoms with Crippen LogP contribution in [0.4, 0.5) is 15.8 Å². The molecule has 0 bridgehead atoms. The van der Waals surface area contributed by atoms with Gasteiger partial charge in [0.2, 0.25) is 0 Å². The number of nitrogens with zero attached hydrogens (tertiary/aromatic N) is 1. The fourth-order valence-electron chi connectivity index (χ4n) is 2.86. The first-order valence-electron chi connectivity index (χ1n) is 8.87. The number of halogens is 1. The number of benzene rings is 3. The first-order chi connectivity index (χ1) is 14.3. The summed E-state index contributed by atoms with van der Waals surface area (Å²) in [6, 6.07) is 16.0. The Balaban J connectivity index is 1.55. The number of aromatic nitrogens is 1. The Labute approximate surface area is 176 Å². The summed E-state index contributed by atoms with van der Waals surface area (Å²) in [5.41, 5.74) is 1.86. The van der Waals surface area contributed by atoms with Crippen molar-refractivity contribution in [1.29, 1.82) is 0 Å². The van der Waals surface area contributed by atoms with Crippen LogP contribution < -0.4 is 10.0 Å². The van der Waals surface area contributed by atoms with Crippen LogP contribution in [0.2, 0.25) is 0 Å². The highest BCUT2D eigenvalue weighted by Gasteiger charge is 2.17. The number of anilines is 2. The van der Waals surface area contributed by atoms with Gasteiger partial charge in [-0.1, -0.05) is 6.07 Å². The molecular weight excluding hydrogens is 425 g/mol. The zero-order valence-corrected chi connectivity index (χ0v) is 17.4. The second kappa shape index (κ2) is 7.85. The number of nitrogens with one attached hydrogen (secondary N) is 2. The molecule has 0 unspecified atom stereocenters. The standard InChI is InChI=1S/C21H16FN3O3S2/c1-13-23-19-10-9-17(12-20(19)29-13)24-21(26)14-3-2-4-18(11-14)30(27,28)25-16-7-5-15(22)6-8-16/h2-12,25H,1H3,(H,24,26). The van der Waals surface area contributed by atoms with E-state index in [-0.39, 0.29) is 16.1 Å². The molecule has 6 nitrogen and oxygen atoms in total. The lowest BCUT2D eigenvalue weighted by molar-refractivity contribution is 0.102. The van der Waals surface area contributed by atoms with Gasteiger partial charge in [-0.15, -0.1) is 11.3 Å². The van der Waals surface area contributed by atoms with Gasteiger partial charge in [0.25, 0.3) is 15.9 Å². The van der Waals surface area contributed by atoms with E-state index >= 15 is 0 Å². The van der Waals surface area contributed by atoms with Crippen molar-refractivity contribution in [3.63, 3.8) is 0 Å². The summed E-state index contributed by atoms with van der Waals surface area (Å²) in [4.78, 5) is 17.0. The second-order valence-corrected chi connectivity index (χ2v) is 9.43. The predicted molar refractivity (Wildman–Crippen MR) is 116 cm³/mol. The van der Waals surface area contributed by atoms with Crippen molar-refractivity contribution in [2.45, 2.75) is 11.8 Å². The number of sulfonamides is 1. The van der Waals surface area contributed by atoms with Gasteiger partial charge in [-0.05, 0) is 67.6 Å². The fraction of sp³-hybridized carbons (Fsp3) is 0.0476. The maximum atomic E-state index is 13.0. The number of amides is 1. The highest BCUT2D eigenvalue weighted by atomic mass is 32.2. The minimum Gasteiger partial charge on any atom is -0.322 e. The maximum Gasteiger partial charge on any atom is 0.261 e. The fourth-order valence-corrected chi connectivity index (χ4v) is 4.83. The van der Waals surface area contributed by atoms with E-state index in [0.29, 0.717) is 5.69 Å². The average Bonchev–Trinajstić information content (AvgIpc) is 3.09. The molecule has 9 heteroatoms. The van der Waals surface area contributed by atoms with Crippen molar-refractivity contribution in [3.05, 3.63) is 83.1 Å². The lowest BCUT2D eigenvalue weighted by atomic mass is 10.2. The molecule has 1 aromatic heterocycles. The van der Waals surface area contributed by atoms with Crippen LogP contribution in [0.25, 0.3) is 10.2 Å². The number of fused-ring (bicyclic) bond motifs is 1. The molecule has 0 saturated carbocycles. The van der Waals surface area contributed by atoms with E-state index in [1.54, 1.807) is 6.07 Å². The Bertz CT molecular complexity index is 1350. The highest BCUT2D eigenvalue weighted by Crippen LogP contribution is 2.25. The molecule has 1 heterocycles. The van der Waals surface area contributed by atoms with Crippen LogP contribution in [0.1, 0.15) is 15.4 Å². The van der Waals surface area contributed by atoms with E-state index in [1.807, 2.05) is 19.1 Å². The zero-order valence-electron chi connectivity index (χ0n) is 15.7. The summed E-state index contributed by atoms with van der Waals surface area (Å²) in [7, 11) is -3.94. The molecule has 0 aliphatic rings. The van der Waals surface area contributed by atoms with E-state index < -0.39 is 21.7 Å². The molecule has 152 valence electrons.